The van der Waals surface area contributed by atoms with Gasteiger partial charge in [-0.3, -0.25) is 4.79 Å². The molecule has 1 aromatic heterocycles. The predicted octanol–water partition coefficient (Wildman–Crippen LogP) is 4.70. The molecule has 0 unspecified atom stereocenters. The number of aryl methyl sites for hydroxylation is 1. The molecule has 0 saturated carbocycles. The van der Waals surface area contributed by atoms with E-state index in [0.29, 0.717) is 28.7 Å². The molecule has 1 heterocycles. The monoisotopic (exact) mass is 372 g/mol. The van der Waals surface area contributed by atoms with Gasteiger partial charge in [-0.2, -0.15) is 0 Å². The van der Waals surface area contributed by atoms with Crippen LogP contribution in [0.25, 0.3) is 0 Å². The van der Waals surface area contributed by atoms with Crippen molar-refractivity contribution >= 4 is 23.1 Å². The van der Waals surface area contributed by atoms with Gasteiger partial charge in [-0.25, -0.2) is 4.79 Å². The van der Waals surface area contributed by atoms with E-state index in [9.17, 15) is 9.59 Å². The van der Waals surface area contributed by atoms with Crippen molar-refractivity contribution in [1.29, 1.82) is 0 Å². The minimum absolute atomic E-state index is 0.212. The van der Waals surface area contributed by atoms with Crippen molar-refractivity contribution in [3.05, 3.63) is 51.2 Å². The first-order chi connectivity index (χ1) is 12.5. The minimum Gasteiger partial charge on any atom is -0.494 e. The van der Waals surface area contributed by atoms with Crippen LogP contribution in [0.2, 0.25) is 0 Å². The van der Waals surface area contributed by atoms with Gasteiger partial charge in [0.1, 0.15) is 10.6 Å². The third kappa shape index (κ3) is 4.15. The first kappa shape index (κ1) is 18.6. The zero-order chi connectivity index (χ0) is 18.7. The van der Waals surface area contributed by atoms with Crippen molar-refractivity contribution in [3.8, 4) is 5.75 Å². The standard InChI is InChI=1S/C21H24O4S/c1-4-24-17-8-6-15(7-9-17)20(22)14(3)25-21(23)19-12-16-11-13(2)5-10-18(16)26-19/h6-9,12-14H,4-5,10-11H2,1-3H3/t13-,14+/m0/s1. The molecule has 1 aromatic carbocycles. The number of benzene rings is 1. The fraction of sp³-hybridized carbons (Fsp3) is 0.429. The number of esters is 1. The lowest BCUT2D eigenvalue weighted by atomic mass is 9.90. The van der Waals surface area contributed by atoms with Gasteiger partial charge in [0, 0.05) is 10.4 Å². The lowest BCUT2D eigenvalue weighted by molar-refractivity contribution is 0.0323. The highest BCUT2D eigenvalue weighted by molar-refractivity contribution is 7.14. The molecular formula is C21H24O4S. The normalized spacial score (nSPS) is 17.3. The second-order valence-corrected chi connectivity index (χ2v) is 7.91. The Hall–Kier alpha value is -2.14. The molecule has 26 heavy (non-hydrogen) atoms. The van der Waals surface area contributed by atoms with Crippen LogP contribution in [-0.2, 0) is 17.6 Å². The molecule has 0 fully saturated rings. The molecule has 0 saturated heterocycles. The Labute approximate surface area is 158 Å². The summed E-state index contributed by atoms with van der Waals surface area (Å²) in [5.41, 5.74) is 1.76. The average molecular weight is 372 g/mol. The molecule has 5 heteroatoms. The van der Waals surface area contributed by atoms with Gasteiger partial charge in [-0.05, 0) is 74.9 Å². The van der Waals surface area contributed by atoms with E-state index in [2.05, 4.69) is 6.92 Å². The van der Waals surface area contributed by atoms with E-state index in [1.165, 1.54) is 21.8 Å². The summed E-state index contributed by atoms with van der Waals surface area (Å²) in [7, 11) is 0. The summed E-state index contributed by atoms with van der Waals surface area (Å²) < 4.78 is 10.8. The molecule has 0 radical (unpaired) electrons. The van der Waals surface area contributed by atoms with E-state index in [0.717, 1.165) is 19.3 Å². The van der Waals surface area contributed by atoms with Crippen molar-refractivity contribution in [3.63, 3.8) is 0 Å². The molecule has 0 N–H and O–H groups in total. The Bertz CT molecular complexity index is 791. The number of carbonyl (C=O) groups is 2. The summed E-state index contributed by atoms with van der Waals surface area (Å²) in [6, 6.07) is 8.83. The average Bonchev–Trinajstić information content (AvgIpc) is 3.05. The Kier molecular flexibility index (Phi) is 5.77. The zero-order valence-electron chi connectivity index (χ0n) is 15.4. The Morgan fingerprint density at radius 3 is 2.69 bits per heavy atom. The van der Waals surface area contributed by atoms with Gasteiger partial charge in [-0.15, -0.1) is 11.3 Å². The number of rotatable bonds is 6. The van der Waals surface area contributed by atoms with Crippen LogP contribution in [-0.4, -0.2) is 24.5 Å². The lowest BCUT2D eigenvalue weighted by Crippen LogP contribution is -2.24. The summed E-state index contributed by atoms with van der Waals surface area (Å²) in [5.74, 6) is 0.744. The summed E-state index contributed by atoms with van der Waals surface area (Å²) in [6.45, 7) is 6.33. The number of ketones is 1. The van der Waals surface area contributed by atoms with Gasteiger partial charge in [0.2, 0.25) is 5.78 Å². The van der Waals surface area contributed by atoms with Crippen LogP contribution >= 0.6 is 11.3 Å². The maximum atomic E-state index is 12.5. The molecule has 2 aromatic rings. The van der Waals surface area contributed by atoms with Crippen LogP contribution in [0.1, 0.15) is 57.7 Å². The van der Waals surface area contributed by atoms with Crippen molar-refractivity contribution < 1.29 is 19.1 Å². The van der Waals surface area contributed by atoms with Crippen LogP contribution in [0.15, 0.2) is 30.3 Å². The van der Waals surface area contributed by atoms with E-state index < -0.39 is 12.1 Å². The fourth-order valence-electron chi connectivity index (χ4n) is 3.20. The number of Topliss-reactive ketones (excluding diaryl/α,β-unsaturated/α-hetero) is 1. The molecule has 1 aliphatic rings. The molecule has 2 atom stereocenters. The molecule has 138 valence electrons. The highest BCUT2D eigenvalue weighted by Gasteiger charge is 2.24. The maximum Gasteiger partial charge on any atom is 0.349 e. The van der Waals surface area contributed by atoms with Crippen LogP contribution in [0.5, 0.6) is 5.75 Å². The molecule has 0 aliphatic heterocycles. The van der Waals surface area contributed by atoms with Gasteiger partial charge < -0.3 is 9.47 Å². The van der Waals surface area contributed by atoms with Crippen LogP contribution in [0.4, 0.5) is 0 Å². The molecule has 3 rings (SSSR count). The number of hydrogen-bond donors (Lipinski definition) is 0. The summed E-state index contributed by atoms with van der Waals surface area (Å²) in [4.78, 5) is 26.8. The van der Waals surface area contributed by atoms with Gasteiger partial charge in [0.05, 0.1) is 6.61 Å². The molecule has 4 nitrogen and oxygen atoms in total. The van der Waals surface area contributed by atoms with Gasteiger partial charge in [0.25, 0.3) is 0 Å². The highest BCUT2D eigenvalue weighted by atomic mass is 32.1. The number of hydrogen-bond acceptors (Lipinski definition) is 5. The van der Waals surface area contributed by atoms with Crippen molar-refractivity contribution in [2.24, 2.45) is 5.92 Å². The summed E-state index contributed by atoms with van der Waals surface area (Å²) in [6.07, 6.45) is 2.38. The molecule has 0 amide bonds. The molecule has 0 bridgehead atoms. The third-order valence-corrected chi connectivity index (χ3v) is 5.85. The van der Waals surface area contributed by atoms with Gasteiger partial charge in [0.15, 0.2) is 6.10 Å². The van der Waals surface area contributed by atoms with Crippen molar-refractivity contribution in [2.75, 3.05) is 6.61 Å². The second-order valence-electron chi connectivity index (χ2n) is 6.78. The van der Waals surface area contributed by atoms with E-state index in [1.54, 1.807) is 31.2 Å². The molecule has 1 aliphatic carbocycles. The van der Waals surface area contributed by atoms with Crippen LogP contribution < -0.4 is 4.74 Å². The summed E-state index contributed by atoms with van der Waals surface area (Å²) in [5, 5.41) is 0. The topological polar surface area (TPSA) is 52.6 Å². The fourth-order valence-corrected chi connectivity index (χ4v) is 4.29. The Morgan fingerprint density at radius 1 is 1.27 bits per heavy atom. The van der Waals surface area contributed by atoms with Gasteiger partial charge >= 0.3 is 5.97 Å². The minimum atomic E-state index is -0.821. The number of carbonyl (C=O) groups excluding carboxylic acids is 2. The quantitative estimate of drug-likeness (QED) is 0.545. The van der Waals surface area contributed by atoms with E-state index in [1.807, 2.05) is 13.0 Å². The zero-order valence-corrected chi connectivity index (χ0v) is 16.2. The van der Waals surface area contributed by atoms with Gasteiger partial charge in [-0.1, -0.05) is 6.92 Å². The lowest BCUT2D eigenvalue weighted by Gasteiger charge is -2.16. The third-order valence-electron chi connectivity index (χ3n) is 4.63. The van der Waals surface area contributed by atoms with E-state index in [-0.39, 0.29) is 5.78 Å². The van der Waals surface area contributed by atoms with E-state index >= 15 is 0 Å². The Morgan fingerprint density at radius 2 is 2.00 bits per heavy atom. The summed E-state index contributed by atoms with van der Waals surface area (Å²) >= 11 is 1.50. The van der Waals surface area contributed by atoms with Crippen LogP contribution in [0.3, 0.4) is 0 Å². The van der Waals surface area contributed by atoms with Crippen molar-refractivity contribution in [1.82, 2.24) is 0 Å². The van der Waals surface area contributed by atoms with Crippen molar-refractivity contribution in [2.45, 2.75) is 46.1 Å². The van der Waals surface area contributed by atoms with Crippen LogP contribution in [0, 0.1) is 5.92 Å². The SMILES string of the molecule is CCOc1ccc(C(=O)[C@@H](C)OC(=O)c2cc3c(s2)CC[C@H](C)C3)cc1. The predicted molar refractivity (Wildman–Crippen MR) is 102 cm³/mol. The number of fused-ring (bicyclic) bond motifs is 1. The second kappa shape index (κ2) is 8.04. The first-order valence-corrected chi connectivity index (χ1v) is 9.89. The highest BCUT2D eigenvalue weighted by Crippen LogP contribution is 2.32. The number of thiophene rings is 1. The Balaban J connectivity index is 1.64. The largest absolute Gasteiger partial charge is 0.494 e. The van der Waals surface area contributed by atoms with E-state index in [4.69, 9.17) is 9.47 Å². The first-order valence-electron chi connectivity index (χ1n) is 9.07. The maximum absolute atomic E-state index is 12.5. The smallest absolute Gasteiger partial charge is 0.349 e. The molecule has 0 spiro atoms. The number of ether oxygens (including phenoxy) is 2. The molecular weight excluding hydrogens is 348 g/mol.